The lowest BCUT2D eigenvalue weighted by atomic mass is 10.1. The van der Waals surface area contributed by atoms with E-state index in [-0.39, 0.29) is 11.6 Å². The number of carbonyl (C=O) groups excluding carboxylic acids is 1. The standard InChI is InChI=1S/C16H16FN3O/c1-10-5-6-13(12(17)9-10)20-16(21)11-3-2-4-14-15(11)19-8-7-18-14/h2-6,9,18-19H,7-8H2,1H3,(H,20,21). The minimum atomic E-state index is -0.431. The van der Waals surface area contributed by atoms with Gasteiger partial charge in [0.1, 0.15) is 5.82 Å². The molecule has 21 heavy (non-hydrogen) atoms. The molecule has 1 aliphatic rings. The Morgan fingerprint density at radius 1 is 1.19 bits per heavy atom. The van der Waals surface area contributed by atoms with Crippen LogP contribution in [0.3, 0.4) is 0 Å². The normalized spacial score (nSPS) is 12.9. The van der Waals surface area contributed by atoms with E-state index in [0.29, 0.717) is 5.56 Å². The van der Waals surface area contributed by atoms with E-state index in [1.165, 1.54) is 6.07 Å². The van der Waals surface area contributed by atoms with Crippen LogP contribution >= 0.6 is 0 Å². The summed E-state index contributed by atoms with van der Waals surface area (Å²) in [5, 5.41) is 9.05. The maximum Gasteiger partial charge on any atom is 0.257 e. The first kappa shape index (κ1) is 13.4. The number of para-hydroxylation sites is 1. The van der Waals surface area contributed by atoms with Gasteiger partial charge in [0.25, 0.3) is 5.91 Å². The molecular formula is C16H16FN3O. The first-order chi connectivity index (χ1) is 10.1. The van der Waals surface area contributed by atoms with Crippen molar-refractivity contribution in [2.24, 2.45) is 0 Å². The van der Waals surface area contributed by atoms with Gasteiger partial charge in [0.05, 0.1) is 22.6 Å². The molecule has 108 valence electrons. The fourth-order valence-electron chi connectivity index (χ4n) is 2.38. The zero-order chi connectivity index (χ0) is 14.8. The fraction of sp³-hybridized carbons (Fsp3) is 0.188. The van der Waals surface area contributed by atoms with Crippen molar-refractivity contribution in [1.82, 2.24) is 0 Å². The van der Waals surface area contributed by atoms with E-state index in [0.717, 1.165) is 30.0 Å². The van der Waals surface area contributed by atoms with Crippen molar-refractivity contribution < 1.29 is 9.18 Å². The number of anilines is 3. The van der Waals surface area contributed by atoms with Crippen LogP contribution in [-0.4, -0.2) is 19.0 Å². The number of carbonyl (C=O) groups is 1. The summed E-state index contributed by atoms with van der Waals surface area (Å²) in [6.07, 6.45) is 0. The van der Waals surface area contributed by atoms with Crippen LogP contribution in [0.25, 0.3) is 0 Å². The SMILES string of the molecule is Cc1ccc(NC(=O)c2cccc3c2NCCN3)c(F)c1. The van der Waals surface area contributed by atoms with Crippen LogP contribution in [0.2, 0.25) is 0 Å². The maximum absolute atomic E-state index is 13.8. The van der Waals surface area contributed by atoms with E-state index < -0.39 is 5.82 Å². The summed E-state index contributed by atoms with van der Waals surface area (Å²) in [6, 6.07) is 10.2. The molecule has 0 aromatic heterocycles. The third kappa shape index (κ3) is 2.67. The Kier molecular flexibility index (Phi) is 3.48. The minimum absolute atomic E-state index is 0.187. The van der Waals surface area contributed by atoms with E-state index in [1.807, 2.05) is 6.07 Å². The predicted octanol–water partition coefficient (Wildman–Crippen LogP) is 3.22. The molecule has 3 rings (SSSR count). The number of fused-ring (bicyclic) bond motifs is 1. The van der Waals surface area contributed by atoms with Crippen molar-refractivity contribution in [2.75, 3.05) is 29.0 Å². The Morgan fingerprint density at radius 2 is 2.00 bits per heavy atom. The zero-order valence-electron chi connectivity index (χ0n) is 11.7. The number of rotatable bonds is 2. The molecule has 2 aromatic rings. The van der Waals surface area contributed by atoms with E-state index >= 15 is 0 Å². The Labute approximate surface area is 122 Å². The van der Waals surface area contributed by atoms with Gasteiger partial charge < -0.3 is 16.0 Å². The van der Waals surface area contributed by atoms with Crippen LogP contribution in [0.4, 0.5) is 21.5 Å². The largest absolute Gasteiger partial charge is 0.382 e. The van der Waals surface area contributed by atoms with E-state index in [1.54, 1.807) is 31.2 Å². The number of aryl methyl sites for hydroxylation is 1. The molecule has 0 unspecified atom stereocenters. The van der Waals surface area contributed by atoms with Crippen LogP contribution in [0.15, 0.2) is 36.4 Å². The van der Waals surface area contributed by atoms with Gasteiger partial charge in [-0.25, -0.2) is 4.39 Å². The van der Waals surface area contributed by atoms with Crippen LogP contribution in [0.5, 0.6) is 0 Å². The molecule has 1 heterocycles. The van der Waals surface area contributed by atoms with Crippen molar-refractivity contribution in [3.05, 3.63) is 53.3 Å². The van der Waals surface area contributed by atoms with Gasteiger partial charge in [0.2, 0.25) is 0 Å². The highest BCUT2D eigenvalue weighted by Crippen LogP contribution is 2.29. The highest BCUT2D eigenvalue weighted by atomic mass is 19.1. The van der Waals surface area contributed by atoms with Crippen LogP contribution < -0.4 is 16.0 Å². The lowest BCUT2D eigenvalue weighted by molar-refractivity contribution is 0.102. The molecule has 0 saturated carbocycles. The molecule has 0 aliphatic carbocycles. The average molecular weight is 285 g/mol. The topological polar surface area (TPSA) is 53.2 Å². The van der Waals surface area contributed by atoms with Gasteiger partial charge in [0.15, 0.2) is 0 Å². The highest BCUT2D eigenvalue weighted by Gasteiger charge is 2.18. The molecular weight excluding hydrogens is 269 g/mol. The van der Waals surface area contributed by atoms with Gasteiger partial charge >= 0.3 is 0 Å². The fourth-order valence-corrected chi connectivity index (χ4v) is 2.38. The first-order valence-corrected chi connectivity index (χ1v) is 6.83. The average Bonchev–Trinajstić information content (AvgIpc) is 2.49. The lowest BCUT2D eigenvalue weighted by Gasteiger charge is -2.22. The Balaban J connectivity index is 1.89. The van der Waals surface area contributed by atoms with Gasteiger partial charge in [-0.05, 0) is 36.8 Å². The third-order valence-corrected chi connectivity index (χ3v) is 3.42. The predicted molar refractivity (Wildman–Crippen MR) is 82.5 cm³/mol. The Bertz CT molecular complexity index is 700. The van der Waals surface area contributed by atoms with E-state index in [2.05, 4.69) is 16.0 Å². The molecule has 0 saturated heterocycles. The summed E-state index contributed by atoms with van der Waals surface area (Å²) < 4.78 is 13.8. The Hall–Kier alpha value is -2.56. The molecule has 0 radical (unpaired) electrons. The zero-order valence-corrected chi connectivity index (χ0v) is 11.7. The summed E-state index contributed by atoms with van der Waals surface area (Å²) in [6.45, 7) is 3.36. The lowest BCUT2D eigenvalue weighted by Crippen LogP contribution is -2.24. The molecule has 4 nitrogen and oxygen atoms in total. The second-order valence-corrected chi connectivity index (χ2v) is 5.02. The molecule has 0 atom stereocenters. The van der Waals surface area contributed by atoms with Crippen LogP contribution in [0, 0.1) is 12.7 Å². The van der Waals surface area contributed by atoms with Crippen molar-refractivity contribution in [1.29, 1.82) is 0 Å². The van der Waals surface area contributed by atoms with Gasteiger partial charge in [-0.3, -0.25) is 4.79 Å². The molecule has 0 bridgehead atoms. The summed E-state index contributed by atoms with van der Waals surface area (Å²) >= 11 is 0. The van der Waals surface area contributed by atoms with Gasteiger partial charge in [-0.15, -0.1) is 0 Å². The molecule has 0 spiro atoms. The van der Waals surface area contributed by atoms with Crippen molar-refractivity contribution >= 4 is 23.0 Å². The minimum Gasteiger partial charge on any atom is -0.382 e. The molecule has 5 heteroatoms. The second kappa shape index (κ2) is 5.44. The summed E-state index contributed by atoms with van der Waals surface area (Å²) in [7, 11) is 0. The van der Waals surface area contributed by atoms with Crippen molar-refractivity contribution in [3.8, 4) is 0 Å². The number of hydrogen-bond donors (Lipinski definition) is 3. The van der Waals surface area contributed by atoms with E-state index in [9.17, 15) is 9.18 Å². The van der Waals surface area contributed by atoms with Crippen molar-refractivity contribution in [3.63, 3.8) is 0 Å². The summed E-state index contributed by atoms with van der Waals surface area (Å²) in [4.78, 5) is 12.4. The van der Waals surface area contributed by atoms with Gasteiger partial charge in [-0.2, -0.15) is 0 Å². The number of amides is 1. The highest BCUT2D eigenvalue weighted by molar-refractivity contribution is 6.10. The monoisotopic (exact) mass is 285 g/mol. The third-order valence-electron chi connectivity index (χ3n) is 3.42. The van der Waals surface area contributed by atoms with Crippen LogP contribution in [0.1, 0.15) is 15.9 Å². The second-order valence-electron chi connectivity index (χ2n) is 5.02. The van der Waals surface area contributed by atoms with E-state index in [4.69, 9.17) is 0 Å². The summed E-state index contributed by atoms with van der Waals surface area (Å²) in [5.74, 6) is -0.759. The molecule has 0 fully saturated rings. The number of halogens is 1. The molecule has 3 N–H and O–H groups in total. The number of hydrogen-bond acceptors (Lipinski definition) is 3. The van der Waals surface area contributed by atoms with Gasteiger partial charge in [0, 0.05) is 13.1 Å². The quantitative estimate of drug-likeness (QED) is 0.794. The summed E-state index contributed by atoms with van der Waals surface area (Å²) in [5.41, 5.74) is 3.15. The van der Waals surface area contributed by atoms with Gasteiger partial charge in [-0.1, -0.05) is 12.1 Å². The molecule has 1 aliphatic heterocycles. The first-order valence-electron chi connectivity index (χ1n) is 6.83. The molecule has 2 aromatic carbocycles. The maximum atomic E-state index is 13.8. The van der Waals surface area contributed by atoms with Crippen molar-refractivity contribution in [2.45, 2.75) is 6.92 Å². The number of benzene rings is 2. The number of nitrogens with one attached hydrogen (secondary N) is 3. The smallest absolute Gasteiger partial charge is 0.257 e. The van der Waals surface area contributed by atoms with Crippen LogP contribution in [-0.2, 0) is 0 Å². The Morgan fingerprint density at radius 3 is 2.81 bits per heavy atom. The molecule has 1 amide bonds.